The topological polar surface area (TPSA) is 103 Å². The minimum absolute atomic E-state index is 0.232. The van der Waals surface area contributed by atoms with Crippen molar-refractivity contribution in [2.75, 3.05) is 12.4 Å². The van der Waals surface area contributed by atoms with Gasteiger partial charge in [-0.1, -0.05) is 6.07 Å². The molecule has 106 valence electrons. The number of methoxy groups -OCH3 is 1. The van der Waals surface area contributed by atoms with Crippen LogP contribution >= 0.6 is 0 Å². The Hall–Kier alpha value is -3.20. The maximum atomic E-state index is 12.1. The molecule has 0 aliphatic heterocycles. The Balaban J connectivity index is 2.34. The SMILES string of the molecule is COc1cc(C#N)ccc1NC(=O)c1c(O)cccc1O. The minimum atomic E-state index is -0.686. The van der Waals surface area contributed by atoms with E-state index in [1.807, 2.05) is 6.07 Å². The molecule has 0 saturated carbocycles. The first-order chi connectivity index (χ1) is 10.1. The van der Waals surface area contributed by atoms with Gasteiger partial charge in [0, 0.05) is 6.07 Å². The van der Waals surface area contributed by atoms with Gasteiger partial charge in [-0.2, -0.15) is 5.26 Å². The van der Waals surface area contributed by atoms with Crippen molar-refractivity contribution in [3.63, 3.8) is 0 Å². The van der Waals surface area contributed by atoms with Gasteiger partial charge in [-0.25, -0.2) is 0 Å². The quantitative estimate of drug-likeness (QED) is 0.802. The minimum Gasteiger partial charge on any atom is -0.507 e. The highest BCUT2D eigenvalue weighted by Crippen LogP contribution is 2.30. The van der Waals surface area contributed by atoms with Gasteiger partial charge in [-0.3, -0.25) is 4.79 Å². The van der Waals surface area contributed by atoms with E-state index in [4.69, 9.17) is 10.00 Å². The lowest BCUT2D eigenvalue weighted by Gasteiger charge is -2.11. The van der Waals surface area contributed by atoms with E-state index in [2.05, 4.69) is 5.32 Å². The van der Waals surface area contributed by atoms with Crippen molar-refractivity contribution in [2.45, 2.75) is 0 Å². The molecule has 1 amide bonds. The van der Waals surface area contributed by atoms with E-state index in [-0.39, 0.29) is 17.1 Å². The molecule has 0 saturated heterocycles. The zero-order valence-electron chi connectivity index (χ0n) is 11.1. The van der Waals surface area contributed by atoms with E-state index in [0.717, 1.165) is 0 Å². The molecule has 0 radical (unpaired) electrons. The maximum Gasteiger partial charge on any atom is 0.263 e. The Morgan fingerprint density at radius 2 is 1.90 bits per heavy atom. The number of nitrogens with zero attached hydrogens (tertiary/aromatic N) is 1. The Morgan fingerprint density at radius 3 is 2.48 bits per heavy atom. The van der Waals surface area contributed by atoms with Crippen LogP contribution in [0.2, 0.25) is 0 Å². The van der Waals surface area contributed by atoms with E-state index in [9.17, 15) is 15.0 Å². The van der Waals surface area contributed by atoms with Crippen molar-refractivity contribution in [1.82, 2.24) is 0 Å². The molecule has 6 heteroatoms. The van der Waals surface area contributed by atoms with Crippen LogP contribution in [0.5, 0.6) is 17.2 Å². The second-order valence-electron chi connectivity index (χ2n) is 4.15. The van der Waals surface area contributed by atoms with Crippen LogP contribution in [0, 0.1) is 11.3 Å². The number of carbonyl (C=O) groups excluding carboxylic acids is 1. The summed E-state index contributed by atoms with van der Waals surface area (Å²) in [7, 11) is 1.41. The molecule has 6 nitrogen and oxygen atoms in total. The first-order valence-electron chi connectivity index (χ1n) is 5.97. The Bertz CT molecular complexity index is 715. The molecule has 2 aromatic rings. The van der Waals surface area contributed by atoms with Crippen LogP contribution in [0.4, 0.5) is 5.69 Å². The normalized spacial score (nSPS) is 9.71. The summed E-state index contributed by atoms with van der Waals surface area (Å²) in [6.45, 7) is 0. The van der Waals surface area contributed by atoms with Gasteiger partial charge in [0.05, 0.1) is 24.4 Å². The van der Waals surface area contributed by atoms with E-state index >= 15 is 0 Å². The third-order valence-electron chi connectivity index (χ3n) is 2.83. The monoisotopic (exact) mass is 284 g/mol. The number of anilines is 1. The number of phenols is 2. The standard InChI is InChI=1S/C15H12N2O4/c1-21-13-7-9(8-16)5-6-10(13)17-15(20)14-11(18)3-2-4-12(14)19/h2-7,18-19H,1H3,(H,17,20). The fraction of sp³-hybridized carbons (Fsp3) is 0.0667. The highest BCUT2D eigenvalue weighted by Gasteiger charge is 2.17. The molecule has 21 heavy (non-hydrogen) atoms. The second-order valence-corrected chi connectivity index (χ2v) is 4.15. The van der Waals surface area contributed by atoms with Crippen LogP contribution in [0.25, 0.3) is 0 Å². The lowest BCUT2D eigenvalue weighted by molar-refractivity contribution is 0.102. The van der Waals surface area contributed by atoms with Crippen LogP contribution in [0.3, 0.4) is 0 Å². The third-order valence-corrected chi connectivity index (χ3v) is 2.83. The van der Waals surface area contributed by atoms with Gasteiger partial charge in [0.1, 0.15) is 22.8 Å². The number of nitrogens with one attached hydrogen (secondary N) is 1. The fourth-order valence-corrected chi connectivity index (χ4v) is 1.81. The summed E-state index contributed by atoms with van der Waals surface area (Å²) in [5.41, 5.74) is 0.475. The number of carbonyl (C=O) groups is 1. The van der Waals surface area contributed by atoms with Gasteiger partial charge in [0.25, 0.3) is 5.91 Å². The van der Waals surface area contributed by atoms with Crippen LogP contribution in [-0.4, -0.2) is 23.2 Å². The van der Waals surface area contributed by atoms with Crippen molar-refractivity contribution in [3.8, 4) is 23.3 Å². The van der Waals surface area contributed by atoms with Crippen LogP contribution < -0.4 is 10.1 Å². The summed E-state index contributed by atoms with van der Waals surface area (Å²) in [5, 5.41) is 30.6. The molecular weight excluding hydrogens is 272 g/mol. The highest BCUT2D eigenvalue weighted by atomic mass is 16.5. The number of amides is 1. The summed E-state index contributed by atoms with van der Waals surface area (Å²) in [6, 6.07) is 10.5. The molecule has 0 heterocycles. The number of rotatable bonds is 3. The molecule has 0 fully saturated rings. The van der Waals surface area contributed by atoms with Gasteiger partial charge in [0.15, 0.2) is 0 Å². The van der Waals surface area contributed by atoms with Gasteiger partial charge in [-0.05, 0) is 24.3 Å². The Kier molecular flexibility index (Phi) is 3.95. The van der Waals surface area contributed by atoms with E-state index in [1.165, 1.54) is 43.5 Å². The molecule has 0 aliphatic carbocycles. The molecule has 0 atom stereocenters. The van der Waals surface area contributed by atoms with E-state index in [1.54, 1.807) is 0 Å². The molecular formula is C15H12N2O4. The number of benzene rings is 2. The Labute approximate surface area is 120 Å². The van der Waals surface area contributed by atoms with Crippen LogP contribution in [0.15, 0.2) is 36.4 Å². The number of hydrogen-bond donors (Lipinski definition) is 3. The third kappa shape index (κ3) is 2.87. The van der Waals surface area contributed by atoms with Crippen molar-refractivity contribution in [3.05, 3.63) is 47.5 Å². The zero-order valence-corrected chi connectivity index (χ0v) is 11.1. The predicted molar refractivity (Wildman–Crippen MR) is 75.4 cm³/mol. The van der Waals surface area contributed by atoms with Crippen molar-refractivity contribution in [2.24, 2.45) is 0 Å². The van der Waals surface area contributed by atoms with Gasteiger partial charge >= 0.3 is 0 Å². The number of ether oxygens (including phenoxy) is 1. The van der Waals surface area contributed by atoms with Crippen LogP contribution in [-0.2, 0) is 0 Å². The summed E-state index contributed by atoms with van der Waals surface area (Å²) < 4.78 is 5.09. The van der Waals surface area contributed by atoms with Crippen molar-refractivity contribution < 1.29 is 19.7 Å². The van der Waals surface area contributed by atoms with Gasteiger partial charge in [0.2, 0.25) is 0 Å². The molecule has 0 aliphatic rings. The van der Waals surface area contributed by atoms with Crippen LogP contribution in [0.1, 0.15) is 15.9 Å². The molecule has 0 aromatic heterocycles. The molecule has 0 unspecified atom stereocenters. The summed E-state index contributed by atoms with van der Waals surface area (Å²) >= 11 is 0. The highest BCUT2D eigenvalue weighted by molar-refractivity contribution is 6.08. The van der Waals surface area contributed by atoms with Gasteiger partial charge < -0.3 is 20.3 Å². The summed E-state index contributed by atoms with van der Waals surface area (Å²) in [5.74, 6) is -1.05. The molecule has 0 spiro atoms. The molecule has 2 rings (SSSR count). The van der Waals surface area contributed by atoms with Gasteiger partial charge in [-0.15, -0.1) is 0 Å². The first kappa shape index (κ1) is 14.2. The average molecular weight is 284 g/mol. The zero-order chi connectivity index (χ0) is 15.4. The molecule has 0 bridgehead atoms. The summed E-state index contributed by atoms with van der Waals surface area (Å²) in [6.07, 6.45) is 0. The molecule has 3 N–H and O–H groups in total. The molecule has 2 aromatic carbocycles. The number of nitriles is 1. The van der Waals surface area contributed by atoms with E-state index in [0.29, 0.717) is 17.0 Å². The smallest absolute Gasteiger partial charge is 0.263 e. The Morgan fingerprint density at radius 1 is 1.24 bits per heavy atom. The first-order valence-corrected chi connectivity index (χ1v) is 5.97. The number of aromatic hydroxyl groups is 2. The van der Waals surface area contributed by atoms with Crippen molar-refractivity contribution in [1.29, 1.82) is 5.26 Å². The lowest BCUT2D eigenvalue weighted by atomic mass is 10.1. The second kappa shape index (κ2) is 5.84. The van der Waals surface area contributed by atoms with Crippen molar-refractivity contribution >= 4 is 11.6 Å². The fourth-order valence-electron chi connectivity index (χ4n) is 1.81. The lowest BCUT2D eigenvalue weighted by Crippen LogP contribution is -2.13. The average Bonchev–Trinajstić information content (AvgIpc) is 2.47. The maximum absolute atomic E-state index is 12.1. The summed E-state index contributed by atoms with van der Waals surface area (Å²) in [4.78, 5) is 12.1. The largest absolute Gasteiger partial charge is 0.507 e. The number of hydrogen-bond acceptors (Lipinski definition) is 5. The number of phenolic OH excluding ortho intramolecular Hbond substituents is 2. The van der Waals surface area contributed by atoms with E-state index < -0.39 is 5.91 Å². The predicted octanol–water partition coefficient (Wildman–Crippen LogP) is 2.23.